The maximum absolute atomic E-state index is 12.2. The molecule has 2 radical (unpaired) electrons. The molecular weight excluding hydrogens is 199 g/mol. The van der Waals surface area contributed by atoms with E-state index in [0.29, 0.717) is 4.73 Å². The number of hydrogen-bond donors (Lipinski definition) is 0. The molecule has 1 atom stereocenters. The second kappa shape index (κ2) is 3.83. The highest BCUT2D eigenvalue weighted by Crippen LogP contribution is 2.34. The molecule has 0 aliphatic heterocycles. The van der Waals surface area contributed by atoms with Crippen LogP contribution < -0.4 is 4.73 Å². The molecule has 76 valence electrons. The van der Waals surface area contributed by atoms with Crippen LogP contribution in [0.4, 0.5) is 13.2 Å². The largest absolute Gasteiger partial charge is 0.619 e. The van der Waals surface area contributed by atoms with E-state index in [0.717, 1.165) is 24.5 Å². The Morgan fingerprint density at radius 1 is 1.36 bits per heavy atom. The molecule has 3 nitrogen and oxygen atoms in total. The summed E-state index contributed by atoms with van der Waals surface area (Å²) < 4.78 is 40.8. The molecule has 1 rings (SSSR count). The van der Waals surface area contributed by atoms with Gasteiger partial charge in [-0.15, -0.1) is 0 Å². The number of alkyl halides is 3. The van der Waals surface area contributed by atoms with Crippen LogP contribution in [-0.2, 0) is 4.74 Å². The fourth-order valence-corrected chi connectivity index (χ4v) is 0.944. The molecule has 14 heavy (non-hydrogen) atoms. The van der Waals surface area contributed by atoms with Crippen molar-refractivity contribution in [3.63, 3.8) is 0 Å². The maximum atomic E-state index is 12.2. The summed E-state index contributed by atoms with van der Waals surface area (Å²) in [4.78, 5) is 0. The molecule has 0 aliphatic rings. The minimum Gasteiger partial charge on any atom is -0.619 e. The van der Waals surface area contributed by atoms with E-state index in [1.165, 1.54) is 0 Å². The van der Waals surface area contributed by atoms with Crippen LogP contribution in [0.3, 0.4) is 0 Å². The van der Waals surface area contributed by atoms with Crippen LogP contribution in [-0.4, -0.2) is 6.18 Å². The molecule has 0 aliphatic carbocycles. The van der Waals surface area contributed by atoms with Gasteiger partial charge in [-0.2, -0.15) is 17.9 Å². The summed E-state index contributed by atoms with van der Waals surface area (Å²) in [5, 5.41) is 10.5. The highest BCUT2D eigenvalue weighted by Gasteiger charge is 2.41. The molecular formula is C8H6F3NO2. The predicted molar refractivity (Wildman–Crippen MR) is 39.6 cm³/mol. The first-order valence-corrected chi connectivity index (χ1v) is 3.56. The molecule has 0 aromatic carbocycles. The lowest BCUT2D eigenvalue weighted by molar-refractivity contribution is -0.605. The molecule has 0 fully saturated rings. The van der Waals surface area contributed by atoms with Gasteiger partial charge in [0.25, 0.3) is 0 Å². The lowest BCUT2D eigenvalue weighted by Crippen LogP contribution is -2.27. The first-order chi connectivity index (χ1) is 6.45. The van der Waals surface area contributed by atoms with E-state index in [2.05, 4.69) is 11.8 Å². The molecule has 1 heterocycles. The van der Waals surface area contributed by atoms with Crippen LogP contribution >= 0.6 is 0 Å². The Morgan fingerprint density at radius 3 is 2.21 bits per heavy atom. The monoisotopic (exact) mass is 205 g/mol. The molecule has 0 bridgehead atoms. The first-order valence-electron chi connectivity index (χ1n) is 3.56. The van der Waals surface area contributed by atoms with Crippen LogP contribution in [0.15, 0.2) is 24.5 Å². The lowest BCUT2D eigenvalue weighted by Gasteiger charge is -2.17. The van der Waals surface area contributed by atoms with Crippen LogP contribution in [0, 0.1) is 12.3 Å². The van der Waals surface area contributed by atoms with Crippen molar-refractivity contribution in [3.05, 3.63) is 42.4 Å². The Bertz CT molecular complexity index is 296. The SMILES string of the molecule is [CH]OC(c1cc[n+]([O-])cc1)C(F)(F)F. The van der Waals surface area contributed by atoms with Gasteiger partial charge in [0.2, 0.25) is 0 Å². The average Bonchev–Trinajstić information content (AvgIpc) is 2.07. The third kappa shape index (κ3) is 2.35. The van der Waals surface area contributed by atoms with E-state index in [1.54, 1.807) is 0 Å². The maximum Gasteiger partial charge on any atom is 0.418 e. The predicted octanol–water partition coefficient (Wildman–Crippen LogP) is 1.61. The van der Waals surface area contributed by atoms with Gasteiger partial charge in [-0.1, -0.05) is 0 Å². The summed E-state index contributed by atoms with van der Waals surface area (Å²) in [6.07, 6.45) is -4.92. The van der Waals surface area contributed by atoms with E-state index < -0.39 is 12.3 Å². The lowest BCUT2D eigenvalue weighted by atomic mass is 10.1. The summed E-state index contributed by atoms with van der Waals surface area (Å²) in [5.74, 6) is 0. The Morgan fingerprint density at radius 2 is 1.86 bits per heavy atom. The summed E-state index contributed by atoms with van der Waals surface area (Å²) in [5.41, 5.74) is -0.216. The van der Waals surface area contributed by atoms with Crippen LogP contribution in [0.1, 0.15) is 11.7 Å². The van der Waals surface area contributed by atoms with Gasteiger partial charge in [0.15, 0.2) is 18.5 Å². The summed E-state index contributed by atoms with van der Waals surface area (Å²) in [6.45, 7) is 0. The van der Waals surface area contributed by atoms with Gasteiger partial charge in [0, 0.05) is 17.7 Å². The Balaban J connectivity index is 2.96. The van der Waals surface area contributed by atoms with E-state index in [1.807, 2.05) is 0 Å². The van der Waals surface area contributed by atoms with Crippen molar-refractivity contribution in [2.24, 2.45) is 0 Å². The fraction of sp³-hybridized carbons (Fsp3) is 0.250. The van der Waals surface area contributed by atoms with E-state index in [4.69, 9.17) is 0 Å². The van der Waals surface area contributed by atoms with Crippen LogP contribution in [0.5, 0.6) is 0 Å². The van der Waals surface area contributed by atoms with Crippen molar-refractivity contribution in [2.45, 2.75) is 12.3 Å². The molecule has 1 aromatic heterocycles. The smallest absolute Gasteiger partial charge is 0.418 e. The van der Waals surface area contributed by atoms with Crippen LogP contribution in [0.2, 0.25) is 0 Å². The van der Waals surface area contributed by atoms with Gasteiger partial charge in [-0.25, -0.2) is 0 Å². The Kier molecular flexibility index (Phi) is 2.95. The number of pyridine rings is 1. The van der Waals surface area contributed by atoms with E-state index in [-0.39, 0.29) is 5.56 Å². The van der Waals surface area contributed by atoms with Crippen molar-refractivity contribution in [3.8, 4) is 0 Å². The standard InChI is InChI=1S/C8H6F3NO2/c1-14-7(8(9,10)11)6-2-4-12(13)5-3-6/h1-5,7H. The Hall–Kier alpha value is -1.30. The number of hydrogen-bond acceptors (Lipinski definition) is 2. The molecule has 0 amide bonds. The van der Waals surface area contributed by atoms with Crippen molar-refractivity contribution in [1.82, 2.24) is 0 Å². The summed E-state index contributed by atoms with van der Waals surface area (Å²) in [7, 11) is 4.52. The van der Waals surface area contributed by atoms with Crippen LogP contribution in [0.25, 0.3) is 0 Å². The van der Waals surface area contributed by atoms with E-state index in [9.17, 15) is 18.4 Å². The van der Waals surface area contributed by atoms with Crippen molar-refractivity contribution in [1.29, 1.82) is 0 Å². The second-order valence-electron chi connectivity index (χ2n) is 2.55. The third-order valence-corrected chi connectivity index (χ3v) is 1.56. The normalized spacial score (nSPS) is 14.0. The molecule has 0 N–H and O–H groups in total. The molecule has 0 saturated carbocycles. The van der Waals surface area contributed by atoms with Crippen molar-refractivity contribution >= 4 is 0 Å². The molecule has 1 unspecified atom stereocenters. The van der Waals surface area contributed by atoms with Gasteiger partial charge in [-0.05, 0) is 0 Å². The molecule has 1 aromatic rings. The number of rotatable bonds is 2. The summed E-state index contributed by atoms with van der Waals surface area (Å²) in [6, 6.07) is 2.00. The number of ether oxygens (including phenoxy) is 1. The fourth-order valence-electron chi connectivity index (χ4n) is 0.944. The zero-order valence-corrected chi connectivity index (χ0v) is 6.86. The van der Waals surface area contributed by atoms with Gasteiger partial charge < -0.3 is 9.94 Å². The minimum atomic E-state index is -4.59. The number of nitrogens with zero attached hydrogens (tertiary/aromatic N) is 1. The average molecular weight is 205 g/mol. The highest BCUT2D eigenvalue weighted by molar-refractivity contribution is 5.13. The zero-order chi connectivity index (χ0) is 10.8. The third-order valence-electron chi connectivity index (χ3n) is 1.56. The summed E-state index contributed by atoms with van der Waals surface area (Å²) >= 11 is 0. The number of aromatic nitrogens is 1. The number of halogens is 3. The Labute approximate surface area is 78.3 Å². The highest BCUT2D eigenvalue weighted by atomic mass is 19.4. The van der Waals surface area contributed by atoms with Crippen molar-refractivity contribution in [2.75, 3.05) is 0 Å². The quantitative estimate of drug-likeness (QED) is 0.543. The second-order valence-corrected chi connectivity index (χ2v) is 2.55. The van der Waals surface area contributed by atoms with Gasteiger partial charge in [0.05, 0.1) is 0 Å². The minimum absolute atomic E-state index is 0.216. The van der Waals surface area contributed by atoms with Gasteiger partial charge in [0.1, 0.15) is 7.11 Å². The van der Waals surface area contributed by atoms with Gasteiger partial charge >= 0.3 is 6.18 Å². The molecule has 0 spiro atoms. The van der Waals surface area contributed by atoms with Crippen molar-refractivity contribution < 1.29 is 22.6 Å². The molecule has 0 saturated heterocycles. The first kappa shape index (κ1) is 10.8. The van der Waals surface area contributed by atoms with Gasteiger partial charge in [-0.3, -0.25) is 0 Å². The topological polar surface area (TPSA) is 36.2 Å². The molecule has 6 heteroatoms. The van der Waals surface area contributed by atoms with E-state index >= 15 is 0 Å². The zero-order valence-electron chi connectivity index (χ0n) is 6.86.